The third-order valence-electron chi connectivity index (χ3n) is 3.55. The van der Waals surface area contributed by atoms with Crippen LogP contribution in [0.4, 0.5) is 5.69 Å². The Morgan fingerprint density at radius 1 is 0.952 bits per heavy atom. The molecule has 21 heavy (non-hydrogen) atoms. The van der Waals surface area contributed by atoms with Crippen molar-refractivity contribution < 1.29 is 0 Å². The number of aryl methyl sites for hydroxylation is 1. The number of fused-ring (bicyclic) bond motifs is 2. The summed E-state index contributed by atoms with van der Waals surface area (Å²) in [5.74, 6) is 0.664. The van der Waals surface area contributed by atoms with Gasteiger partial charge < -0.3 is 5.73 Å². The van der Waals surface area contributed by atoms with Crippen LogP contribution in [0, 0.1) is 6.92 Å². The van der Waals surface area contributed by atoms with Gasteiger partial charge in [-0.25, -0.2) is 0 Å². The Labute approximate surface area is 121 Å². The lowest BCUT2D eigenvalue weighted by Gasteiger charge is -2.06. The molecule has 0 radical (unpaired) electrons. The van der Waals surface area contributed by atoms with Crippen molar-refractivity contribution in [2.24, 2.45) is 0 Å². The highest BCUT2D eigenvalue weighted by Crippen LogP contribution is 2.29. The predicted octanol–water partition coefficient (Wildman–Crippen LogP) is 2.84. The van der Waals surface area contributed by atoms with E-state index in [0.717, 1.165) is 22.0 Å². The Balaban J connectivity index is 2.03. The second-order valence-corrected chi connectivity index (χ2v) is 5.05. The highest BCUT2D eigenvalue weighted by atomic mass is 15.4. The van der Waals surface area contributed by atoms with Gasteiger partial charge in [-0.3, -0.25) is 0 Å². The van der Waals surface area contributed by atoms with Gasteiger partial charge in [-0.1, -0.05) is 24.3 Å². The highest BCUT2D eigenvalue weighted by molar-refractivity contribution is 5.92. The summed E-state index contributed by atoms with van der Waals surface area (Å²) in [7, 11) is 0. The van der Waals surface area contributed by atoms with E-state index >= 15 is 0 Å². The van der Waals surface area contributed by atoms with Gasteiger partial charge in [0, 0.05) is 11.3 Å². The predicted molar refractivity (Wildman–Crippen MR) is 82.9 cm³/mol. The number of hydrogen-bond acceptors (Lipinski definition) is 4. The molecule has 0 spiro atoms. The summed E-state index contributed by atoms with van der Waals surface area (Å²) in [6.07, 6.45) is 0. The molecule has 5 heteroatoms. The van der Waals surface area contributed by atoms with E-state index in [0.29, 0.717) is 17.2 Å². The third kappa shape index (κ3) is 1.82. The summed E-state index contributed by atoms with van der Waals surface area (Å²) in [6.45, 7) is 1.94. The standard InChI is InChI=1S/C16H13N5/c1-10-6-7-15-18-19-16(21(15)20-10)13-8-11-4-2-3-5-12(11)9-14(13)17/h2-9H,17H2,1H3. The highest BCUT2D eigenvalue weighted by Gasteiger charge is 2.13. The molecule has 0 aliphatic rings. The monoisotopic (exact) mass is 275 g/mol. The normalized spacial score (nSPS) is 11.3. The van der Waals surface area contributed by atoms with E-state index in [-0.39, 0.29) is 0 Å². The molecule has 0 atom stereocenters. The molecule has 0 saturated heterocycles. The zero-order valence-electron chi connectivity index (χ0n) is 11.5. The Hall–Kier alpha value is -2.95. The summed E-state index contributed by atoms with van der Waals surface area (Å²) in [5, 5.41) is 15.1. The number of nitrogens with two attached hydrogens (primary N) is 1. The second-order valence-electron chi connectivity index (χ2n) is 5.05. The number of anilines is 1. The van der Waals surface area contributed by atoms with Gasteiger partial charge in [-0.2, -0.15) is 9.61 Å². The molecule has 0 saturated carbocycles. The van der Waals surface area contributed by atoms with Gasteiger partial charge in [0.25, 0.3) is 0 Å². The molecule has 0 amide bonds. The lowest BCUT2D eigenvalue weighted by molar-refractivity contribution is 0.902. The molecule has 0 aliphatic heterocycles. The molecule has 5 nitrogen and oxygen atoms in total. The summed E-state index contributed by atoms with van der Waals surface area (Å²) in [6, 6.07) is 15.9. The number of hydrogen-bond donors (Lipinski definition) is 1. The van der Waals surface area contributed by atoms with E-state index in [2.05, 4.69) is 21.4 Å². The van der Waals surface area contributed by atoms with Gasteiger partial charge in [0.15, 0.2) is 11.5 Å². The zero-order valence-corrected chi connectivity index (χ0v) is 11.5. The minimum absolute atomic E-state index is 0.664. The maximum atomic E-state index is 6.20. The fourth-order valence-corrected chi connectivity index (χ4v) is 2.50. The van der Waals surface area contributed by atoms with Gasteiger partial charge in [-0.05, 0) is 42.0 Å². The molecule has 0 unspecified atom stereocenters. The first kappa shape index (κ1) is 11.8. The van der Waals surface area contributed by atoms with Crippen LogP contribution in [0.3, 0.4) is 0 Å². The van der Waals surface area contributed by atoms with Crippen molar-refractivity contribution in [2.75, 3.05) is 5.73 Å². The molecule has 2 heterocycles. The minimum atomic E-state index is 0.664. The van der Waals surface area contributed by atoms with Crippen molar-refractivity contribution in [1.29, 1.82) is 0 Å². The summed E-state index contributed by atoms with van der Waals surface area (Å²) in [4.78, 5) is 0. The topological polar surface area (TPSA) is 69.1 Å². The number of nitrogen functional groups attached to an aromatic ring is 1. The number of nitrogens with zero attached hydrogens (tertiary/aromatic N) is 4. The van der Waals surface area contributed by atoms with Crippen molar-refractivity contribution in [2.45, 2.75) is 6.92 Å². The first-order chi connectivity index (χ1) is 10.2. The van der Waals surface area contributed by atoms with Crippen molar-refractivity contribution in [3.8, 4) is 11.4 Å². The van der Waals surface area contributed by atoms with Crippen molar-refractivity contribution in [3.63, 3.8) is 0 Å². The first-order valence-corrected chi connectivity index (χ1v) is 6.70. The van der Waals surface area contributed by atoms with Gasteiger partial charge in [0.2, 0.25) is 0 Å². The van der Waals surface area contributed by atoms with Crippen LogP contribution in [-0.4, -0.2) is 19.8 Å². The van der Waals surface area contributed by atoms with E-state index in [9.17, 15) is 0 Å². The molecular formula is C16H13N5. The minimum Gasteiger partial charge on any atom is -0.398 e. The fraction of sp³-hybridized carbons (Fsp3) is 0.0625. The van der Waals surface area contributed by atoms with E-state index in [1.807, 2.05) is 49.4 Å². The molecule has 0 bridgehead atoms. The maximum absolute atomic E-state index is 6.20. The van der Waals surface area contributed by atoms with E-state index in [1.165, 1.54) is 0 Å². The Kier molecular flexibility index (Phi) is 2.41. The average molecular weight is 275 g/mol. The number of benzene rings is 2. The summed E-state index contributed by atoms with van der Waals surface area (Å²) in [5.41, 5.74) is 9.33. The smallest absolute Gasteiger partial charge is 0.187 e. The van der Waals surface area contributed by atoms with E-state index < -0.39 is 0 Å². The van der Waals surface area contributed by atoms with Gasteiger partial charge in [0.05, 0.1) is 5.69 Å². The average Bonchev–Trinajstić information content (AvgIpc) is 2.89. The van der Waals surface area contributed by atoms with Crippen LogP contribution >= 0.6 is 0 Å². The van der Waals surface area contributed by atoms with E-state index in [1.54, 1.807) is 4.52 Å². The van der Waals surface area contributed by atoms with Crippen molar-refractivity contribution >= 4 is 22.1 Å². The zero-order chi connectivity index (χ0) is 14.4. The molecule has 4 aromatic rings. The quantitative estimate of drug-likeness (QED) is 0.542. The van der Waals surface area contributed by atoms with Crippen LogP contribution in [0.25, 0.3) is 27.8 Å². The molecule has 0 aliphatic carbocycles. The molecule has 2 N–H and O–H groups in total. The van der Waals surface area contributed by atoms with Crippen LogP contribution in [0.1, 0.15) is 5.69 Å². The lowest BCUT2D eigenvalue weighted by atomic mass is 10.0. The Bertz CT molecular complexity index is 971. The molecule has 2 aromatic heterocycles. The largest absolute Gasteiger partial charge is 0.398 e. The Morgan fingerprint density at radius 2 is 1.71 bits per heavy atom. The van der Waals surface area contributed by atoms with Crippen LogP contribution < -0.4 is 5.73 Å². The van der Waals surface area contributed by atoms with Crippen molar-refractivity contribution in [1.82, 2.24) is 19.8 Å². The maximum Gasteiger partial charge on any atom is 0.187 e. The van der Waals surface area contributed by atoms with Crippen LogP contribution in [0.5, 0.6) is 0 Å². The number of aromatic nitrogens is 4. The van der Waals surface area contributed by atoms with Gasteiger partial charge in [-0.15, -0.1) is 10.2 Å². The summed E-state index contributed by atoms with van der Waals surface area (Å²) < 4.78 is 1.73. The molecule has 0 fully saturated rings. The van der Waals surface area contributed by atoms with Crippen LogP contribution in [0.2, 0.25) is 0 Å². The van der Waals surface area contributed by atoms with Gasteiger partial charge >= 0.3 is 0 Å². The van der Waals surface area contributed by atoms with E-state index in [4.69, 9.17) is 5.73 Å². The third-order valence-corrected chi connectivity index (χ3v) is 3.55. The second kappa shape index (κ2) is 4.28. The molecular weight excluding hydrogens is 262 g/mol. The molecule has 2 aromatic carbocycles. The SMILES string of the molecule is Cc1ccc2nnc(-c3cc4ccccc4cc3N)n2n1. The van der Waals surface area contributed by atoms with Crippen LogP contribution in [-0.2, 0) is 0 Å². The first-order valence-electron chi connectivity index (χ1n) is 6.70. The Morgan fingerprint density at radius 3 is 2.52 bits per heavy atom. The fourth-order valence-electron chi connectivity index (χ4n) is 2.50. The van der Waals surface area contributed by atoms with Crippen molar-refractivity contribution in [3.05, 3.63) is 54.2 Å². The molecule has 4 rings (SSSR count). The lowest BCUT2D eigenvalue weighted by Crippen LogP contribution is -1.99. The van der Waals surface area contributed by atoms with Gasteiger partial charge in [0.1, 0.15) is 0 Å². The summed E-state index contributed by atoms with van der Waals surface area (Å²) >= 11 is 0. The number of rotatable bonds is 1. The van der Waals surface area contributed by atoms with Crippen LogP contribution in [0.15, 0.2) is 48.5 Å². The molecule has 102 valence electrons.